The Morgan fingerprint density at radius 2 is 1.66 bits per heavy atom. The maximum absolute atomic E-state index is 12.9. The van der Waals surface area contributed by atoms with Crippen LogP contribution < -0.4 is 9.47 Å². The molecule has 0 aromatic heterocycles. The largest absolute Gasteiger partial charge is 0.489 e. The molecule has 2 aliphatic rings. The van der Waals surface area contributed by atoms with Gasteiger partial charge in [-0.3, -0.25) is 14.4 Å². The molecule has 0 unspecified atom stereocenters. The zero-order chi connectivity index (χ0) is 21.5. The Hall–Kier alpha value is -3.28. The van der Waals surface area contributed by atoms with E-state index in [0.717, 1.165) is 5.56 Å². The topological polar surface area (TPSA) is 86.7 Å². The third-order valence-corrected chi connectivity index (χ3v) is 5.39. The van der Waals surface area contributed by atoms with Crippen molar-refractivity contribution in [1.82, 2.24) is 0 Å². The van der Waals surface area contributed by atoms with E-state index >= 15 is 0 Å². The smallest absolute Gasteiger partial charge is 0.380 e. The van der Waals surface area contributed by atoms with Crippen LogP contribution in [0, 0.1) is 5.41 Å². The third kappa shape index (κ3) is 3.46. The fourth-order valence-corrected chi connectivity index (χ4v) is 3.52. The molecule has 1 aromatic rings. The van der Waals surface area contributed by atoms with Gasteiger partial charge in [-0.1, -0.05) is 6.08 Å². The molecule has 0 saturated carbocycles. The van der Waals surface area contributed by atoms with Crippen molar-refractivity contribution in [1.29, 1.82) is 0 Å². The van der Waals surface area contributed by atoms with Crippen molar-refractivity contribution in [3.8, 4) is 11.5 Å². The molecule has 0 fully saturated rings. The van der Waals surface area contributed by atoms with Gasteiger partial charge in [0, 0.05) is 33.9 Å². The molecule has 0 radical (unpaired) electrons. The average Bonchev–Trinajstić information content (AvgIpc) is 2.70. The highest BCUT2D eigenvalue weighted by atomic mass is 16.5. The molecule has 1 aromatic carbocycles. The molecule has 0 N–H and O–H groups in total. The fraction of sp³-hybridized carbons (Fsp3) is 0.304. The normalized spacial score (nSPS) is 16.6. The molecule has 6 nitrogen and oxygen atoms in total. The zero-order valence-corrected chi connectivity index (χ0v) is 17.0. The van der Waals surface area contributed by atoms with Crippen LogP contribution in [0.25, 0.3) is 6.08 Å². The van der Waals surface area contributed by atoms with Crippen molar-refractivity contribution in [2.24, 2.45) is 5.41 Å². The highest BCUT2D eigenvalue weighted by Crippen LogP contribution is 2.37. The van der Waals surface area contributed by atoms with Gasteiger partial charge in [0.1, 0.15) is 18.1 Å². The number of rotatable bonds is 4. The standard InChI is InChI=1S/C23H22O6/c1-12-13(2)20(25)18(14(3)19(12)24)23(4,5)21(26)22(27)29-16-9-8-15-7-6-10-28-17(15)11-16/h6-9,11H,10H2,1-5H3. The van der Waals surface area contributed by atoms with Gasteiger partial charge in [0.25, 0.3) is 5.78 Å². The minimum atomic E-state index is -1.51. The fourth-order valence-electron chi connectivity index (χ4n) is 3.52. The van der Waals surface area contributed by atoms with Crippen LogP contribution in [-0.2, 0) is 19.2 Å². The van der Waals surface area contributed by atoms with E-state index in [2.05, 4.69) is 0 Å². The van der Waals surface area contributed by atoms with Gasteiger partial charge in [-0.25, -0.2) is 4.79 Å². The van der Waals surface area contributed by atoms with Gasteiger partial charge in [0.05, 0.1) is 5.41 Å². The molecule has 1 aliphatic heterocycles. The number of carbonyl (C=O) groups is 4. The Kier molecular flexibility index (Phi) is 5.13. The number of ketones is 3. The van der Waals surface area contributed by atoms with Crippen molar-refractivity contribution in [3.63, 3.8) is 0 Å². The molecular weight excluding hydrogens is 372 g/mol. The number of ether oxygens (including phenoxy) is 2. The van der Waals surface area contributed by atoms with E-state index < -0.39 is 23.0 Å². The first-order valence-electron chi connectivity index (χ1n) is 9.24. The summed E-state index contributed by atoms with van der Waals surface area (Å²) in [4.78, 5) is 50.7. The third-order valence-electron chi connectivity index (χ3n) is 5.39. The molecule has 6 heteroatoms. The Bertz CT molecular complexity index is 1050. The second-order valence-corrected chi connectivity index (χ2v) is 7.66. The van der Waals surface area contributed by atoms with Crippen molar-refractivity contribution >= 4 is 29.4 Å². The second-order valence-electron chi connectivity index (χ2n) is 7.66. The van der Waals surface area contributed by atoms with Gasteiger partial charge in [0.15, 0.2) is 11.6 Å². The van der Waals surface area contributed by atoms with Crippen LogP contribution in [0.3, 0.4) is 0 Å². The van der Waals surface area contributed by atoms with Crippen molar-refractivity contribution < 1.29 is 28.7 Å². The summed E-state index contributed by atoms with van der Waals surface area (Å²) >= 11 is 0. The first-order chi connectivity index (χ1) is 13.6. The maximum Gasteiger partial charge on any atom is 0.380 e. The number of benzene rings is 1. The lowest BCUT2D eigenvalue weighted by Gasteiger charge is -2.29. The molecular formula is C23H22O6. The first-order valence-corrected chi connectivity index (χ1v) is 9.24. The molecule has 0 spiro atoms. The van der Waals surface area contributed by atoms with E-state index in [9.17, 15) is 19.2 Å². The number of allylic oxidation sites excluding steroid dienone is 4. The highest BCUT2D eigenvalue weighted by Gasteiger charge is 2.45. The van der Waals surface area contributed by atoms with Crippen LogP contribution in [-0.4, -0.2) is 29.9 Å². The Labute approximate surface area is 168 Å². The lowest BCUT2D eigenvalue weighted by atomic mass is 9.70. The van der Waals surface area contributed by atoms with Crippen LogP contribution in [0.1, 0.15) is 40.2 Å². The van der Waals surface area contributed by atoms with Gasteiger partial charge in [-0.2, -0.15) is 0 Å². The van der Waals surface area contributed by atoms with Gasteiger partial charge in [-0.05, 0) is 52.8 Å². The van der Waals surface area contributed by atoms with Crippen LogP contribution in [0.4, 0.5) is 0 Å². The van der Waals surface area contributed by atoms with E-state index in [0.29, 0.717) is 17.9 Å². The number of Topliss-reactive ketones (excluding diaryl/α,β-unsaturated/α-hetero) is 3. The lowest BCUT2D eigenvalue weighted by Crippen LogP contribution is -2.40. The number of esters is 1. The van der Waals surface area contributed by atoms with Gasteiger partial charge < -0.3 is 9.47 Å². The summed E-state index contributed by atoms with van der Waals surface area (Å²) in [6.45, 7) is 7.94. The lowest BCUT2D eigenvalue weighted by molar-refractivity contribution is -0.150. The van der Waals surface area contributed by atoms with E-state index in [4.69, 9.17) is 9.47 Å². The number of carbonyl (C=O) groups excluding carboxylic acids is 4. The molecule has 0 amide bonds. The molecule has 0 saturated heterocycles. The molecule has 3 rings (SSSR count). The summed E-state index contributed by atoms with van der Waals surface area (Å²) in [5, 5.41) is 0. The van der Waals surface area contributed by atoms with Crippen LogP contribution in [0.2, 0.25) is 0 Å². The maximum atomic E-state index is 12.9. The summed E-state index contributed by atoms with van der Waals surface area (Å²) < 4.78 is 10.7. The van der Waals surface area contributed by atoms with E-state index in [1.54, 1.807) is 26.0 Å². The summed E-state index contributed by atoms with van der Waals surface area (Å²) in [6, 6.07) is 4.81. The van der Waals surface area contributed by atoms with Crippen molar-refractivity contribution in [3.05, 3.63) is 52.1 Å². The van der Waals surface area contributed by atoms with Crippen LogP contribution in [0.15, 0.2) is 46.6 Å². The van der Waals surface area contributed by atoms with Crippen LogP contribution in [0.5, 0.6) is 11.5 Å². The Morgan fingerprint density at radius 1 is 1.00 bits per heavy atom. The predicted octanol–water partition coefficient (Wildman–Crippen LogP) is 3.40. The predicted molar refractivity (Wildman–Crippen MR) is 106 cm³/mol. The summed E-state index contributed by atoms with van der Waals surface area (Å²) in [7, 11) is 0. The molecule has 150 valence electrons. The highest BCUT2D eigenvalue weighted by molar-refractivity contribution is 6.39. The van der Waals surface area contributed by atoms with Crippen molar-refractivity contribution in [2.45, 2.75) is 34.6 Å². The first kappa shape index (κ1) is 20.5. The number of hydrogen-bond acceptors (Lipinski definition) is 6. The zero-order valence-electron chi connectivity index (χ0n) is 17.0. The minimum absolute atomic E-state index is 0.0338. The minimum Gasteiger partial charge on any atom is -0.489 e. The molecule has 0 bridgehead atoms. The summed E-state index contributed by atoms with van der Waals surface area (Å²) in [5.41, 5.74) is 0.176. The van der Waals surface area contributed by atoms with E-state index in [-0.39, 0.29) is 28.3 Å². The Morgan fingerprint density at radius 3 is 2.34 bits per heavy atom. The van der Waals surface area contributed by atoms with Gasteiger partial charge >= 0.3 is 5.97 Å². The average molecular weight is 394 g/mol. The van der Waals surface area contributed by atoms with Crippen molar-refractivity contribution in [2.75, 3.05) is 6.61 Å². The molecule has 0 atom stereocenters. The quantitative estimate of drug-likeness (QED) is 0.337. The van der Waals surface area contributed by atoms with Gasteiger partial charge in [0.2, 0.25) is 0 Å². The van der Waals surface area contributed by atoms with Gasteiger partial charge in [-0.15, -0.1) is 0 Å². The number of fused-ring (bicyclic) bond motifs is 1. The van der Waals surface area contributed by atoms with Crippen LogP contribution >= 0.6 is 0 Å². The number of hydrogen-bond donors (Lipinski definition) is 0. The molecule has 1 heterocycles. The molecule has 29 heavy (non-hydrogen) atoms. The van der Waals surface area contributed by atoms with E-state index in [1.165, 1.54) is 26.8 Å². The Balaban J connectivity index is 1.87. The monoisotopic (exact) mass is 394 g/mol. The molecule has 1 aliphatic carbocycles. The SMILES string of the molecule is CC1=C(C)C(=O)C(C(C)(C)C(=O)C(=O)Oc2ccc3c(c2)OCC=C3)=C(C)C1=O. The second kappa shape index (κ2) is 7.28. The summed E-state index contributed by atoms with van der Waals surface area (Å²) in [6.07, 6.45) is 3.74. The van der Waals surface area contributed by atoms with E-state index in [1.807, 2.05) is 12.2 Å². The summed E-state index contributed by atoms with van der Waals surface area (Å²) in [5.74, 6) is -2.00.